The second-order valence-corrected chi connectivity index (χ2v) is 6.25. The number of hydrogen-bond acceptors (Lipinski definition) is 4. The molecule has 2 atom stereocenters. The zero-order chi connectivity index (χ0) is 15.3. The molecule has 2 aliphatic rings. The number of nitrogens with zero attached hydrogens (tertiary/aromatic N) is 2. The summed E-state index contributed by atoms with van der Waals surface area (Å²) in [5, 5.41) is 0. The van der Waals surface area contributed by atoms with Crippen molar-refractivity contribution < 1.29 is 4.74 Å². The van der Waals surface area contributed by atoms with Crippen LogP contribution in [0.1, 0.15) is 23.7 Å². The number of aryl methyl sites for hydroxylation is 1. The molecule has 0 saturated carbocycles. The van der Waals surface area contributed by atoms with Crippen molar-refractivity contribution in [3.63, 3.8) is 0 Å². The number of fused-ring (bicyclic) bond motifs is 1. The van der Waals surface area contributed by atoms with Crippen LogP contribution in [0.25, 0.3) is 11.1 Å². The van der Waals surface area contributed by atoms with Gasteiger partial charge < -0.3 is 10.5 Å². The van der Waals surface area contributed by atoms with Crippen LogP contribution in [0.15, 0.2) is 41.5 Å². The molecule has 2 unspecified atom stereocenters. The molecule has 0 amide bonds. The highest BCUT2D eigenvalue weighted by atomic mass is 16.5. The fraction of sp³-hybridized carbons (Fsp3) is 0.333. The summed E-state index contributed by atoms with van der Waals surface area (Å²) in [5.41, 5.74) is 11.8. The number of pyridine rings is 1. The van der Waals surface area contributed by atoms with Gasteiger partial charge in [0.05, 0.1) is 0 Å². The van der Waals surface area contributed by atoms with Crippen molar-refractivity contribution in [2.24, 2.45) is 10.7 Å². The summed E-state index contributed by atoms with van der Waals surface area (Å²) in [4.78, 5) is 9.05. The largest absolute Gasteiger partial charge is 0.460 e. The van der Waals surface area contributed by atoms with Gasteiger partial charge in [0.25, 0.3) is 6.02 Å². The van der Waals surface area contributed by atoms with Gasteiger partial charge in [0.15, 0.2) is 0 Å². The van der Waals surface area contributed by atoms with Gasteiger partial charge in [0.2, 0.25) is 0 Å². The van der Waals surface area contributed by atoms with E-state index in [1.165, 1.54) is 22.3 Å². The van der Waals surface area contributed by atoms with Gasteiger partial charge in [-0.05, 0) is 36.6 Å². The molecule has 1 aromatic heterocycles. The number of benzene rings is 1. The first-order valence-corrected chi connectivity index (χ1v) is 7.64. The predicted octanol–water partition coefficient (Wildman–Crippen LogP) is 2.63. The third-order valence-corrected chi connectivity index (χ3v) is 4.94. The van der Waals surface area contributed by atoms with Crippen molar-refractivity contribution >= 4 is 6.02 Å². The molecular formula is C18H19N3O. The quantitative estimate of drug-likeness (QED) is 0.879. The van der Waals surface area contributed by atoms with E-state index in [1.807, 2.05) is 12.3 Å². The molecular weight excluding hydrogens is 274 g/mol. The monoisotopic (exact) mass is 293 g/mol. The third-order valence-electron chi connectivity index (χ3n) is 4.94. The molecule has 1 aliphatic heterocycles. The molecule has 2 aromatic rings. The van der Waals surface area contributed by atoms with Gasteiger partial charge in [-0.2, -0.15) is 0 Å². The number of amidine groups is 1. The standard InChI is InChI=1S/C18H19N3O/c1-11-14(7-4-8-20-11)15-6-3-5-13-9-18(10-16(13)15)12(2)22-17(19)21-18/h3-8,12H,9-10H2,1-2H3,(H2,19,21). The molecule has 0 radical (unpaired) electrons. The maximum atomic E-state index is 5.81. The van der Waals surface area contributed by atoms with Crippen molar-refractivity contribution in [3.05, 3.63) is 53.3 Å². The van der Waals surface area contributed by atoms with E-state index in [0.29, 0.717) is 6.02 Å². The molecule has 4 nitrogen and oxygen atoms in total. The van der Waals surface area contributed by atoms with Crippen LogP contribution in [-0.2, 0) is 17.6 Å². The molecule has 4 heteroatoms. The summed E-state index contributed by atoms with van der Waals surface area (Å²) >= 11 is 0. The van der Waals surface area contributed by atoms with Gasteiger partial charge in [0, 0.05) is 30.3 Å². The molecule has 0 saturated heterocycles. The second-order valence-electron chi connectivity index (χ2n) is 6.25. The molecule has 2 N–H and O–H groups in total. The number of aliphatic imine (C=N–C) groups is 1. The van der Waals surface area contributed by atoms with Crippen molar-refractivity contribution in [1.82, 2.24) is 4.98 Å². The number of nitrogens with two attached hydrogens (primary N) is 1. The average molecular weight is 293 g/mol. The molecule has 1 spiro atoms. The Hall–Kier alpha value is -2.36. The van der Waals surface area contributed by atoms with Gasteiger partial charge in [-0.15, -0.1) is 0 Å². The number of ether oxygens (including phenoxy) is 1. The van der Waals surface area contributed by atoms with Crippen LogP contribution in [0, 0.1) is 6.92 Å². The Morgan fingerprint density at radius 2 is 2.00 bits per heavy atom. The van der Waals surface area contributed by atoms with Gasteiger partial charge in [0.1, 0.15) is 11.6 Å². The zero-order valence-electron chi connectivity index (χ0n) is 12.8. The Balaban J connectivity index is 1.83. The van der Waals surface area contributed by atoms with Crippen molar-refractivity contribution in [2.75, 3.05) is 0 Å². The summed E-state index contributed by atoms with van der Waals surface area (Å²) in [5.74, 6) is 0. The highest BCUT2D eigenvalue weighted by molar-refractivity contribution is 5.76. The predicted molar refractivity (Wildman–Crippen MR) is 86.7 cm³/mol. The van der Waals surface area contributed by atoms with Crippen molar-refractivity contribution in [2.45, 2.75) is 38.3 Å². The Kier molecular flexibility index (Phi) is 2.76. The lowest BCUT2D eigenvalue weighted by Crippen LogP contribution is -2.36. The van der Waals surface area contributed by atoms with Gasteiger partial charge in [-0.25, -0.2) is 4.99 Å². The molecule has 1 aromatic carbocycles. The number of aromatic nitrogens is 1. The Labute approximate surface area is 130 Å². The Morgan fingerprint density at radius 3 is 2.73 bits per heavy atom. The van der Waals surface area contributed by atoms with E-state index in [-0.39, 0.29) is 11.6 Å². The van der Waals surface area contributed by atoms with Crippen LogP contribution < -0.4 is 5.73 Å². The summed E-state index contributed by atoms with van der Waals surface area (Å²) in [6.07, 6.45) is 3.61. The van der Waals surface area contributed by atoms with E-state index < -0.39 is 0 Å². The Morgan fingerprint density at radius 1 is 1.18 bits per heavy atom. The minimum atomic E-state index is -0.237. The fourth-order valence-electron chi connectivity index (χ4n) is 3.72. The molecule has 2 heterocycles. The maximum absolute atomic E-state index is 5.81. The second kappa shape index (κ2) is 4.57. The molecule has 0 bridgehead atoms. The van der Waals surface area contributed by atoms with Gasteiger partial charge in [-0.3, -0.25) is 4.98 Å². The summed E-state index contributed by atoms with van der Waals surface area (Å²) in [6, 6.07) is 10.9. The molecule has 4 rings (SSSR count). The van der Waals surface area contributed by atoms with Crippen LogP contribution in [-0.4, -0.2) is 22.6 Å². The van der Waals surface area contributed by atoms with E-state index >= 15 is 0 Å². The third kappa shape index (κ3) is 1.83. The Bertz CT molecular complexity index is 784. The van der Waals surface area contributed by atoms with E-state index in [4.69, 9.17) is 10.5 Å². The first kappa shape index (κ1) is 13.3. The normalized spacial score (nSPS) is 25.9. The van der Waals surface area contributed by atoms with E-state index in [0.717, 1.165) is 18.5 Å². The van der Waals surface area contributed by atoms with Crippen LogP contribution in [0.2, 0.25) is 0 Å². The lowest BCUT2D eigenvalue weighted by Gasteiger charge is -2.23. The van der Waals surface area contributed by atoms with E-state index in [2.05, 4.69) is 48.1 Å². The molecule has 22 heavy (non-hydrogen) atoms. The maximum Gasteiger partial charge on any atom is 0.282 e. The van der Waals surface area contributed by atoms with Crippen LogP contribution in [0.3, 0.4) is 0 Å². The zero-order valence-corrected chi connectivity index (χ0v) is 12.8. The number of rotatable bonds is 1. The summed E-state index contributed by atoms with van der Waals surface area (Å²) in [7, 11) is 0. The number of hydrogen-bond donors (Lipinski definition) is 1. The van der Waals surface area contributed by atoms with Crippen LogP contribution in [0.4, 0.5) is 0 Å². The first-order chi connectivity index (χ1) is 10.6. The van der Waals surface area contributed by atoms with Gasteiger partial charge >= 0.3 is 0 Å². The SMILES string of the molecule is Cc1ncccc1-c1cccc2c1CC1(C2)N=C(N)OC1C. The minimum Gasteiger partial charge on any atom is -0.460 e. The molecule has 112 valence electrons. The van der Waals surface area contributed by atoms with Crippen LogP contribution in [0.5, 0.6) is 0 Å². The van der Waals surface area contributed by atoms with E-state index in [9.17, 15) is 0 Å². The lowest BCUT2D eigenvalue weighted by atomic mass is 9.90. The van der Waals surface area contributed by atoms with E-state index in [1.54, 1.807) is 0 Å². The minimum absolute atomic E-state index is 0.0164. The fourth-order valence-corrected chi connectivity index (χ4v) is 3.72. The van der Waals surface area contributed by atoms with Crippen LogP contribution >= 0.6 is 0 Å². The van der Waals surface area contributed by atoms with Gasteiger partial charge in [-0.1, -0.05) is 24.3 Å². The molecule has 0 fully saturated rings. The van der Waals surface area contributed by atoms with Crippen molar-refractivity contribution in [1.29, 1.82) is 0 Å². The smallest absolute Gasteiger partial charge is 0.282 e. The highest BCUT2D eigenvalue weighted by Gasteiger charge is 2.48. The lowest BCUT2D eigenvalue weighted by molar-refractivity contribution is 0.157. The highest BCUT2D eigenvalue weighted by Crippen LogP contribution is 2.43. The summed E-state index contributed by atoms with van der Waals surface area (Å²) in [6.45, 7) is 4.11. The molecule has 1 aliphatic carbocycles. The summed E-state index contributed by atoms with van der Waals surface area (Å²) < 4.78 is 5.61. The first-order valence-electron chi connectivity index (χ1n) is 7.64. The topological polar surface area (TPSA) is 60.5 Å². The van der Waals surface area contributed by atoms with Crippen molar-refractivity contribution in [3.8, 4) is 11.1 Å². The average Bonchev–Trinajstić information content (AvgIpc) is 2.99.